The Balaban J connectivity index is 1.79. The van der Waals surface area contributed by atoms with Crippen molar-refractivity contribution in [1.82, 2.24) is 0 Å². The van der Waals surface area contributed by atoms with Gasteiger partial charge in [0.05, 0.1) is 18.8 Å². The summed E-state index contributed by atoms with van der Waals surface area (Å²) in [5.74, 6) is 0. The summed E-state index contributed by atoms with van der Waals surface area (Å²) in [6.07, 6.45) is -0.876. The normalized spacial score (nSPS) is 22.9. The van der Waals surface area contributed by atoms with Gasteiger partial charge in [-0.25, -0.2) is 0 Å². The monoisotopic (exact) mass is 368 g/mol. The zero-order valence-electron chi connectivity index (χ0n) is 15.3. The Morgan fingerprint density at radius 3 is 2.07 bits per heavy atom. The summed E-state index contributed by atoms with van der Waals surface area (Å²) in [4.78, 5) is 0. The molecule has 1 fully saturated rings. The van der Waals surface area contributed by atoms with E-state index in [1.54, 1.807) is 0 Å². The molecule has 1 aliphatic rings. The molecule has 0 bridgehead atoms. The molecule has 3 atom stereocenters. The third-order valence-corrected chi connectivity index (χ3v) is 6.29. The highest BCUT2D eigenvalue weighted by molar-refractivity contribution is 6.33. The summed E-state index contributed by atoms with van der Waals surface area (Å²) in [5, 5.41) is 29.7. The third-order valence-electron chi connectivity index (χ3n) is 6.29. The van der Waals surface area contributed by atoms with Crippen LogP contribution in [-0.2, 0) is 4.74 Å². The maximum absolute atomic E-state index is 10.3. The van der Waals surface area contributed by atoms with Crippen LogP contribution >= 0.6 is 0 Å². The van der Waals surface area contributed by atoms with E-state index < -0.39 is 12.2 Å². The maximum Gasteiger partial charge on any atom is 0.107 e. The Bertz CT molecular complexity index is 1330. The molecule has 28 heavy (non-hydrogen) atoms. The molecule has 1 aliphatic heterocycles. The van der Waals surface area contributed by atoms with Crippen LogP contribution in [0.2, 0.25) is 0 Å². The average Bonchev–Trinajstić information content (AvgIpc) is 3.12. The summed E-state index contributed by atoms with van der Waals surface area (Å²) in [5.41, 5.74) is 1.09. The molecular weight excluding hydrogens is 348 g/mol. The predicted molar refractivity (Wildman–Crippen MR) is 113 cm³/mol. The fourth-order valence-electron chi connectivity index (χ4n) is 5.05. The molecule has 138 valence electrons. The van der Waals surface area contributed by atoms with Gasteiger partial charge in [-0.3, -0.25) is 0 Å². The van der Waals surface area contributed by atoms with Gasteiger partial charge in [-0.05, 0) is 48.7 Å². The van der Waals surface area contributed by atoms with E-state index in [9.17, 15) is 10.2 Å². The fourth-order valence-corrected chi connectivity index (χ4v) is 5.05. The van der Waals surface area contributed by atoms with Gasteiger partial charge in [0.1, 0.15) is 6.10 Å². The zero-order valence-corrected chi connectivity index (χ0v) is 15.3. The molecule has 1 unspecified atom stereocenters. The standard InChI is InChI=1S/C25H20O3/c26-13-22-20(27)12-21(28-22)18-11-10-15-6-2-8-17-16-7-1-4-14-5-3-9-19(23(14)16)25(18)24(15)17/h1-11,20-22,26-27H,12-13H2/t20-,21?,22+/m0/s1. The lowest BCUT2D eigenvalue weighted by molar-refractivity contribution is -0.0221. The van der Waals surface area contributed by atoms with Crippen molar-refractivity contribution >= 4 is 43.1 Å². The van der Waals surface area contributed by atoms with E-state index in [0.29, 0.717) is 6.42 Å². The SMILES string of the molecule is OC[C@H]1OC(c2ccc3cccc4c5cccc6cccc(c2c34)c65)C[C@@H]1O. The lowest BCUT2D eigenvalue weighted by Gasteiger charge is -2.20. The Hall–Kier alpha value is -2.72. The highest BCUT2D eigenvalue weighted by Crippen LogP contribution is 2.45. The van der Waals surface area contributed by atoms with E-state index in [0.717, 1.165) is 5.56 Å². The van der Waals surface area contributed by atoms with Crippen LogP contribution in [0.15, 0.2) is 66.7 Å². The minimum atomic E-state index is -0.639. The third kappa shape index (κ3) is 2.09. The van der Waals surface area contributed by atoms with Crippen molar-refractivity contribution in [2.24, 2.45) is 0 Å². The highest BCUT2D eigenvalue weighted by atomic mass is 16.5. The lowest BCUT2D eigenvalue weighted by Crippen LogP contribution is -2.24. The number of fused-ring (bicyclic) bond motifs is 2. The van der Waals surface area contributed by atoms with Crippen molar-refractivity contribution in [2.45, 2.75) is 24.7 Å². The summed E-state index contributed by atoms with van der Waals surface area (Å²) in [6.45, 7) is -0.162. The zero-order chi connectivity index (χ0) is 18.8. The summed E-state index contributed by atoms with van der Waals surface area (Å²) in [7, 11) is 0. The van der Waals surface area contributed by atoms with Gasteiger partial charge in [0.15, 0.2) is 0 Å². The number of aliphatic hydroxyl groups is 2. The maximum atomic E-state index is 10.3. The second-order valence-corrected chi connectivity index (χ2v) is 7.79. The van der Waals surface area contributed by atoms with Crippen molar-refractivity contribution < 1.29 is 14.9 Å². The molecule has 0 saturated carbocycles. The summed E-state index contributed by atoms with van der Waals surface area (Å²) in [6, 6.07) is 23.7. The largest absolute Gasteiger partial charge is 0.394 e. The Morgan fingerprint density at radius 2 is 1.39 bits per heavy atom. The quantitative estimate of drug-likeness (QED) is 0.343. The smallest absolute Gasteiger partial charge is 0.107 e. The number of hydrogen-bond donors (Lipinski definition) is 2. The molecule has 0 radical (unpaired) electrons. The molecule has 0 aliphatic carbocycles. The van der Waals surface area contributed by atoms with Crippen LogP contribution < -0.4 is 0 Å². The molecule has 0 aromatic heterocycles. The minimum Gasteiger partial charge on any atom is -0.394 e. The van der Waals surface area contributed by atoms with Gasteiger partial charge in [0.2, 0.25) is 0 Å². The first-order valence-corrected chi connectivity index (χ1v) is 9.79. The van der Waals surface area contributed by atoms with Crippen molar-refractivity contribution in [3.05, 3.63) is 72.3 Å². The van der Waals surface area contributed by atoms with Gasteiger partial charge in [-0.2, -0.15) is 0 Å². The molecule has 6 rings (SSSR count). The van der Waals surface area contributed by atoms with Crippen molar-refractivity contribution in [3.63, 3.8) is 0 Å². The minimum absolute atomic E-state index is 0.162. The molecule has 1 heterocycles. The number of ether oxygens (including phenoxy) is 1. The summed E-state index contributed by atoms with van der Waals surface area (Å²) < 4.78 is 6.05. The average molecular weight is 368 g/mol. The molecule has 0 spiro atoms. The van der Waals surface area contributed by atoms with Crippen LogP contribution in [0.5, 0.6) is 0 Å². The second-order valence-electron chi connectivity index (χ2n) is 7.79. The molecular formula is C25H20O3. The predicted octanol–water partition coefficient (Wildman–Crippen LogP) is 4.92. The molecule has 5 aromatic carbocycles. The number of benzene rings is 5. The van der Waals surface area contributed by atoms with Crippen LogP contribution in [0.4, 0.5) is 0 Å². The Morgan fingerprint density at radius 1 is 0.750 bits per heavy atom. The number of hydrogen-bond acceptors (Lipinski definition) is 3. The molecule has 3 heteroatoms. The highest BCUT2D eigenvalue weighted by Gasteiger charge is 2.35. The van der Waals surface area contributed by atoms with Crippen LogP contribution in [0.25, 0.3) is 43.1 Å². The van der Waals surface area contributed by atoms with E-state index in [-0.39, 0.29) is 12.7 Å². The molecule has 3 nitrogen and oxygen atoms in total. The van der Waals surface area contributed by atoms with Crippen molar-refractivity contribution in [2.75, 3.05) is 6.61 Å². The van der Waals surface area contributed by atoms with Gasteiger partial charge in [0, 0.05) is 6.42 Å². The van der Waals surface area contributed by atoms with Gasteiger partial charge in [-0.15, -0.1) is 0 Å². The fraction of sp³-hybridized carbons (Fsp3) is 0.200. The van der Waals surface area contributed by atoms with Gasteiger partial charge in [0.25, 0.3) is 0 Å². The molecule has 2 N–H and O–H groups in total. The van der Waals surface area contributed by atoms with Crippen LogP contribution in [-0.4, -0.2) is 29.0 Å². The van der Waals surface area contributed by atoms with Crippen LogP contribution in [0.3, 0.4) is 0 Å². The first-order valence-electron chi connectivity index (χ1n) is 9.79. The first-order chi connectivity index (χ1) is 13.8. The Labute approximate surface area is 162 Å². The van der Waals surface area contributed by atoms with E-state index in [4.69, 9.17) is 4.74 Å². The van der Waals surface area contributed by atoms with Gasteiger partial charge in [-0.1, -0.05) is 66.7 Å². The van der Waals surface area contributed by atoms with E-state index in [2.05, 4.69) is 66.7 Å². The van der Waals surface area contributed by atoms with E-state index in [1.807, 2.05) is 0 Å². The molecule has 0 amide bonds. The van der Waals surface area contributed by atoms with Crippen molar-refractivity contribution in [3.8, 4) is 0 Å². The van der Waals surface area contributed by atoms with Crippen LogP contribution in [0.1, 0.15) is 18.1 Å². The van der Waals surface area contributed by atoms with Crippen LogP contribution in [0, 0.1) is 0 Å². The van der Waals surface area contributed by atoms with E-state index in [1.165, 1.54) is 43.1 Å². The molecule has 5 aromatic rings. The lowest BCUT2D eigenvalue weighted by atomic mass is 9.86. The number of rotatable bonds is 2. The van der Waals surface area contributed by atoms with Gasteiger partial charge >= 0.3 is 0 Å². The molecule has 1 saturated heterocycles. The van der Waals surface area contributed by atoms with Gasteiger partial charge < -0.3 is 14.9 Å². The number of aliphatic hydroxyl groups excluding tert-OH is 2. The first kappa shape index (κ1) is 16.3. The topological polar surface area (TPSA) is 49.7 Å². The van der Waals surface area contributed by atoms with E-state index >= 15 is 0 Å². The summed E-state index contributed by atoms with van der Waals surface area (Å²) >= 11 is 0. The van der Waals surface area contributed by atoms with Crippen molar-refractivity contribution in [1.29, 1.82) is 0 Å². The second kappa shape index (κ2) is 5.89. The Kier molecular flexibility index (Phi) is 3.42.